The largest absolute Gasteiger partial charge is 0.416 e. The van der Waals surface area contributed by atoms with E-state index < -0.39 is 17.6 Å². The number of benzene rings is 1. The number of anilines is 1. The number of halogens is 3. The highest BCUT2D eigenvalue weighted by Crippen LogP contribution is 2.29. The van der Waals surface area contributed by atoms with Gasteiger partial charge in [0.25, 0.3) is 0 Å². The SMILES string of the molecule is CC(C)(C)c1nnc(NC(=O)/C=C/c2ccc(C(F)(F)F)cc2)s1. The third kappa shape index (κ3) is 4.89. The van der Waals surface area contributed by atoms with Crippen LogP contribution in [0, 0.1) is 0 Å². The Kier molecular flexibility index (Phi) is 5.08. The lowest BCUT2D eigenvalue weighted by Crippen LogP contribution is -2.10. The molecule has 2 rings (SSSR count). The molecule has 24 heavy (non-hydrogen) atoms. The molecule has 2 aromatic rings. The van der Waals surface area contributed by atoms with Gasteiger partial charge in [-0.1, -0.05) is 44.2 Å². The molecule has 0 spiro atoms. The first-order valence-electron chi connectivity index (χ1n) is 7.06. The first-order chi connectivity index (χ1) is 11.1. The van der Waals surface area contributed by atoms with E-state index in [1.807, 2.05) is 20.8 Å². The molecule has 128 valence electrons. The molecule has 1 amide bonds. The summed E-state index contributed by atoms with van der Waals surface area (Å²) in [5.74, 6) is -0.425. The average Bonchev–Trinajstić information content (AvgIpc) is 2.93. The minimum atomic E-state index is -4.37. The van der Waals surface area contributed by atoms with Crippen LogP contribution in [-0.4, -0.2) is 16.1 Å². The van der Waals surface area contributed by atoms with Crippen LogP contribution >= 0.6 is 11.3 Å². The van der Waals surface area contributed by atoms with Crippen LogP contribution in [0.5, 0.6) is 0 Å². The van der Waals surface area contributed by atoms with E-state index in [-0.39, 0.29) is 5.41 Å². The smallest absolute Gasteiger partial charge is 0.297 e. The van der Waals surface area contributed by atoms with Crippen molar-refractivity contribution in [3.05, 3.63) is 46.5 Å². The van der Waals surface area contributed by atoms with E-state index in [0.29, 0.717) is 10.7 Å². The van der Waals surface area contributed by atoms with Crippen LogP contribution in [0.15, 0.2) is 30.3 Å². The molecule has 8 heteroatoms. The average molecular weight is 355 g/mol. The number of carbonyl (C=O) groups is 1. The van der Waals surface area contributed by atoms with Gasteiger partial charge in [-0.2, -0.15) is 13.2 Å². The number of aromatic nitrogens is 2. The Bertz CT molecular complexity index is 743. The standard InChI is InChI=1S/C16H16F3N3OS/c1-15(2,3)13-21-22-14(24-13)20-12(23)9-6-10-4-7-11(8-5-10)16(17,18)19/h4-9H,1-3H3,(H,20,22,23)/b9-6+. The van der Waals surface area contributed by atoms with E-state index in [1.54, 1.807) is 0 Å². The summed E-state index contributed by atoms with van der Waals surface area (Å²) in [4.78, 5) is 11.8. The first-order valence-corrected chi connectivity index (χ1v) is 7.88. The Morgan fingerprint density at radius 3 is 2.25 bits per heavy atom. The number of alkyl halides is 3. The predicted octanol–water partition coefficient (Wildman–Crippen LogP) is 4.51. The van der Waals surface area contributed by atoms with Crippen molar-refractivity contribution in [1.29, 1.82) is 0 Å². The minimum absolute atomic E-state index is 0.156. The van der Waals surface area contributed by atoms with E-state index >= 15 is 0 Å². The molecule has 0 radical (unpaired) electrons. The molecule has 0 fully saturated rings. The number of nitrogens with zero attached hydrogens (tertiary/aromatic N) is 2. The molecule has 0 bridgehead atoms. The van der Waals surface area contributed by atoms with Crippen LogP contribution in [0.4, 0.5) is 18.3 Å². The quantitative estimate of drug-likeness (QED) is 0.825. The van der Waals surface area contributed by atoms with E-state index in [2.05, 4.69) is 15.5 Å². The van der Waals surface area contributed by atoms with Crippen molar-refractivity contribution in [2.75, 3.05) is 5.32 Å². The number of hydrogen-bond acceptors (Lipinski definition) is 4. The van der Waals surface area contributed by atoms with Crippen LogP contribution < -0.4 is 5.32 Å². The normalized spacial score (nSPS) is 12.6. The second-order valence-corrected chi connectivity index (χ2v) is 7.08. The fraction of sp³-hybridized carbons (Fsp3) is 0.312. The van der Waals surface area contributed by atoms with Crippen LogP contribution in [0.2, 0.25) is 0 Å². The monoisotopic (exact) mass is 355 g/mol. The van der Waals surface area contributed by atoms with Crippen molar-refractivity contribution in [1.82, 2.24) is 10.2 Å². The molecule has 0 atom stereocenters. The fourth-order valence-corrected chi connectivity index (χ4v) is 2.48. The summed E-state index contributed by atoms with van der Waals surface area (Å²) in [6.07, 6.45) is -1.70. The van der Waals surface area contributed by atoms with Crippen molar-refractivity contribution >= 4 is 28.5 Å². The number of nitrogens with one attached hydrogen (secondary N) is 1. The van der Waals surface area contributed by atoms with Gasteiger partial charge >= 0.3 is 6.18 Å². The van der Waals surface area contributed by atoms with Crippen LogP contribution in [-0.2, 0) is 16.4 Å². The van der Waals surface area contributed by atoms with E-state index in [1.165, 1.54) is 35.6 Å². The first kappa shape index (κ1) is 18.1. The van der Waals surface area contributed by atoms with Gasteiger partial charge in [0.15, 0.2) is 0 Å². The number of hydrogen-bond donors (Lipinski definition) is 1. The number of amides is 1. The molecule has 0 aliphatic heterocycles. The Morgan fingerprint density at radius 2 is 1.75 bits per heavy atom. The van der Waals surface area contributed by atoms with E-state index in [0.717, 1.165) is 17.1 Å². The second-order valence-electron chi connectivity index (χ2n) is 6.10. The summed E-state index contributed by atoms with van der Waals surface area (Å²) >= 11 is 1.28. The molecular weight excluding hydrogens is 339 g/mol. The molecule has 1 N–H and O–H groups in total. The van der Waals surface area contributed by atoms with Crippen molar-refractivity contribution in [3.63, 3.8) is 0 Å². The molecule has 4 nitrogen and oxygen atoms in total. The van der Waals surface area contributed by atoms with Crippen molar-refractivity contribution in [2.45, 2.75) is 32.4 Å². The van der Waals surface area contributed by atoms with Gasteiger partial charge < -0.3 is 0 Å². The second kappa shape index (κ2) is 6.72. The molecule has 0 saturated carbocycles. The van der Waals surface area contributed by atoms with Crippen LogP contribution in [0.3, 0.4) is 0 Å². The minimum Gasteiger partial charge on any atom is -0.297 e. The molecule has 0 unspecified atom stereocenters. The lowest BCUT2D eigenvalue weighted by atomic mass is 9.98. The molecular formula is C16H16F3N3OS. The molecule has 0 saturated heterocycles. The molecule has 1 heterocycles. The van der Waals surface area contributed by atoms with Crippen LogP contribution in [0.1, 0.15) is 36.9 Å². The summed E-state index contributed by atoms with van der Waals surface area (Å²) in [6.45, 7) is 5.97. The fourth-order valence-electron chi connectivity index (χ4n) is 1.68. The van der Waals surface area contributed by atoms with E-state index in [9.17, 15) is 18.0 Å². The molecule has 0 aliphatic rings. The third-order valence-electron chi connectivity index (χ3n) is 2.96. The van der Waals surface area contributed by atoms with Gasteiger partial charge in [0.2, 0.25) is 11.0 Å². The number of rotatable bonds is 3. The topological polar surface area (TPSA) is 54.9 Å². The summed E-state index contributed by atoms with van der Waals surface area (Å²) in [7, 11) is 0. The maximum atomic E-state index is 12.5. The van der Waals surface area contributed by atoms with Gasteiger partial charge in [-0.25, -0.2) is 0 Å². The number of carbonyl (C=O) groups excluding carboxylic acids is 1. The molecule has 1 aromatic carbocycles. The van der Waals surface area contributed by atoms with Gasteiger partial charge in [0.05, 0.1) is 5.56 Å². The maximum absolute atomic E-state index is 12.5. The van der Waals surface area contributed by atoms with Gasteiger partial charge in [-0.05, 0) is 23.8 Å². The maximum Gasteiger partial charge on any atom is 0.416 e. The Morgan fingerprint density at radius 1 is 1.12 bits per heavy atom. The van der Waals surface area contributed by atoms with Gasteiger partial charge in [0, 0.05) is 11.5 Å². The molecule has 1 aromatic heterocycles. The lowest BCUT2D eigenvalue weighted by molar-refractivity contribution is -0.137. The van der Waals surface area contributed by atoms with Crippen LogP contribution in [0.25, 0.3) is 6.08 Å². The summed E-state index contributed by atoms with van der Waals surface area (Å²) in [5, 5.41) is 11.7. The Hall–Kier alpha value is -2.22. The zero-order valence-electron chi connectivity index (χ0n) is 13.3. The summed E-state index contributed by atoms with van der Waals surface area (Å²) < 4.78 is 37.4. The highest BCUT2D eigenvalue weighted by molar-refractivity contribution is 7.15. The predicted molar refractivity (Wildman–Crippen MR) is 87.7 cm³/mol. The Balaban J connectivity index is 1.99. The van der Waals surface area contributed by atoms with Gasteiger partial charge in [-0.3, -0.25) is 10.1 Å². The van der Waals surface area contributed by atoms with Gasteiger partial charge in [-0.15, -0.1) is 10.2 Å². The Labute approximate surface area is 141 Å². The highest BCUT2D eigenvalue weighted by Gasteiger charge is 2.29. The van der Waals surface area contributed by atoms with Crippen molar-refractivity contribution < 1.29 is 18.0 Å². The van der Waals surface area contributed by atoms with Crippen molar-refractivity contribution in [3.8, 4) is 0 Å². The van der Waals surface area contributed by atoms with Crippen molar-refractivity contribution in [2.24, 2.45) is 0 Å². The lowest BCUT2D eigenvalue weighted by Gasteiger charge is -2.12. The highest BCUT2D eigenvalue weighted by atomic mass is 32.1. The zero-order valence-corrected chi connectivity index (χ0v) is 14.1. The van der Waals surface area contributed by atoms with E-state index in [4.69, 9.17) is 0 Å². The summed E-state index contributed by atoms with van der Waals surface area (Å²) in [6, 6.07) is 4.54. The molecule has 0 aliphatic carbocycles. The summed E-state index contributed by atoms with van der Waals surface area (Å²) in [5.41, 5.74) is -0.394. The zero-order chi connectivity index (χ0) is 18.0. The third-order valence-corrected chi connectivity index (χ3v) is 4.23. The van der Waals surface area contributed by atoms with Gasteiger partial charge in [0.1, 0.15) is 5.01 Å².